The van der Waals surface area contributed by atoms with Gasteiger partial charge in [0.2, 0.25) is 0 Å². The van der Waals surface area contributed by atoms with Crippen molar-refractivity contribution in [3.63, 3.8) is 0 Å². The number of carboxylic acids is 1. The van der Waals surface area contributed by atoms with E-state index in [9.17, 15) is 27.9 Å². The molecule has 0 radical (unpaired) electrons. The first kappa shape index (κ1) is 32.9. The monoisotopic (exact) mass is 568 g/mol. The molecule has 222 valence electrons. The average Bonchev–Trinajstić information content (AvgIpc) is 2.89. The highest BCUT2D eigenvalue weighted by Gasteiger charge is 2.26. The number of benzene rings is 2. The number of nitrogens with one attached hydrogen (secondary N) is 1. The van der Waals surface area contributed by atoms with Crippen LogP contribution in [0.15, 0.2) is 48.5 Å². The van der Waals surface area contributed by atoms with Gasteiger partial charge in [-0.15, -0.1) is 0 Å². The number of aliphatic carboxylic acids is 1. The van der Waals surface area contributed by atoms with Crippen LogP contribution in [0, 0.1) is 0 Å². The number of urea groups is 1. The lowest BCUT2D eigenvalue weighted by Crippen LogP contribution is -2.40. The van der Waals surface area contributed by atoms with Crippen LogP contribution in [0.5, 0.6) is 5.75 Å². The van der Waals surface area contributed by atoms with E-state index in [0.717, 1.165) is 11.1 Å². The predicted molar refractivity (Wildman–Crippen MR) is 146 cm³/mol. The van der Waals surface area contributed by atoms with Gasteiger partial charge >= 0.3 is 18.2 Å². The van der Waals surface area contributed by atoms with Crippen LogP contribution in [0.4, 0.5) is 23.7 Å². The zero-order chi connectivity index (χ0) is 29.5. The van der Waals surface area contributed by atoms with E-state index in [1.807, 2.05) is 24.3 Å². The summed E-state index contributed by atoms with van der Waals surface area (Å²) in [6, 6.07) is 14.1. The molecule has 0 bridgehead atoms. The highest BCUT2D eigenvalue weighted by molar-refractivity contribution is 5.89. The molecule has 0 aliphatic rings. The summed E-state index contributed by atoms with van der Waals surface area (Å²) in [7, 11) is 0. The van der Waals surface area contributed by atoms with Crippen molar-refractivity contribution in [1.29, 1.82) is 0 Å². The van der Waals surface area contributed by atoms with Gasteiger partial charge in [0.1, 0.15) is 12.4 Å². The molecule has 2 aromatic rings. The van der Waals surface area contributed by atoms with E-state index in [1.165, 1.54) is 4.90 Å². The molecule has 0 aromatic heterocycles. The van der Waals surface area contributed by atoms with E-state index in [4.69, 9.17) is 14.2 Å². The van der Waals surface area contributed by atoms with Crippen molar-refractivity contribution in [1.82, 2.24) is 4.90 Å². The minimum atomic E-state index is -4.23. The lowest BCUT2D eigenvalue weighted by molar-refractivity contribution is -0.150. The summed E-state index contributed by atoms with van der Waals surface area (Å²) in [6.45, 7) is 6.73. The van der Waals surface area contributed by atoms with Crippen LogP contribution >= 0.6 is 0 Å². The summed E-state index contributed by atoms with van der Waals surface area (Å²) in [5.74, 6) is -0.133. The Morgan fingerprint density at radius 1 is 0.975 bits per heavy atom. The van der Waals surface area contributed by atoms with Gasteiger partial charge in [-0.2, -0.15) is 13.2 Å². The minimum absolute atomic E-state index is 0.0550. The molecular formula is C29H39F3N2O6. The number of anilines is 1. The number of ether oxygens (including phenoxy) is 3. The minimum Gasteiger partial charge on any atom is -0.492 e. The van der Waals surface area contributed by atoms with Crippen LogP contribution in [0.1, 0.15) is 50.7 Å². The third kappa shape index (κ3) is 12.7. The smallest absolute Gasteiger partial charge is 0.389 e. The predicted octanol–water partition coefficient (Wildman–Crippen LogP) is 6.11. The van der Waals surface area contributed by atoms with E-state index in [-0.39, 0.29) is 51.8 Å². The quantitative estimate of drug-likeness (QED) is 0.224. The maximum absolute atomic E-state index is 13.0. The standard InChI is InChI=1S/C29H39F3N2O6/c1-4-39-26(27(35)36)20-22-6-12-25(13-7-22)40-19-16-34(15-18-38-17-5-14-29(30,31)32)28(37)33-24-10-8-23(9-11-24)21(2)3/h6-13,21,26H,4-5,14-20H2,1-3H3,(H,33,37)(H,35,36). The summed E-state index contributed by atoms with van der Waals surface area (Å²) in [5.41, 5.74) is 2.53. The second kappa shape index (κ2) is 16.7. The second-order valence-corrected chi connectivity index (χ2v) is 9.50. The molecule has 2 aromatic carbocycles. The van der Waals surface area contributed by atoms with E-state index in [0.29, 0.717) is 24.0 Å². The number of nitrogens with zero attached hydrogens (tertiary/aromatic N) is 1. The first-order chi connectivity index (χ1) is 19.0. The highest BCUT2D eigenvalue weighted by atomic mass is 19.4. The van der Waals surface area contributed by atoms with Gasteiger partial charge in [0.25, 0.3) is 0 Å². The number of carbonyl (C=O) groups is 2. The van der Waals surface area contributed by atoms with Crippen molar-refractivity contribution in [2.45, 2.75) is 58.2 Å². The average molecular weight is 569 g/mol. The Morgan fingerprint density at radius 3 is 2.20 bits per heavy atom. The molecular weight excluding hydrogens is 529 g/mol. The molecule has 2 rings (SSSR count). The topological polar surface area (TPSA) is 97.3 Å². The highest BCUT2D eigenvalue weighted by Crippen LogP contribution is 2.21. The van der Waals surface area contributed by atoms with Gasteiger partial charge in [0.05, 0.1) is 13.2 Å². The van der Waals surface area contributed by atoms with Gasteiger partial charge in [0, 0.05) is 38.3 Å². The molecule has 0 heterocycles. The van der Waals surface area contributed by atoms with E-state index >= 15 is 0 Å². The van der Waals surface area contributed by atoms with Crippen LogP contribution in [-0.4, -0.2) is 73.8 Å². The Hall–Kier alpha value is -3.31. The van der Waals surface area contributed by atoms with Crippen molar-refractivity contribution < 1.29 is 42.1 Å². The number of carbonyl (C=O) groups excluding carboxylic acids is 1. The molecule has 2 amide bonds. The molecule has 0 aliphatic heterocycles. The zero-order valence-corrected chi connectivity index (χ0v) is 23.2. The Balaban J connectivity index is 1.92. The van der Waals surface area contributed by atoms with Crippen molar-refractivity contribution >= 4 is 17.7 Å². The number of halogens is 3. The number of carboxylic acid groups (broad SMARTS) is 1. The van der Waals surface area contributed by atoms with E-state index < -0.39 is 24.7 Å². The summed E-state index contributed by atoms with van der Waals surface area (Å²) < 4.78 is 53.4. The Bertz CT molecular complexity index is 1030. The summed E-state index contributed by atoms with van der Waals surface area (Å²) in [6.07, 6.45) is -6.00. The molecule has 8 nitrogen and oxygen atoms in total. The Morgan fingerprint density at radius 2 is 1.62 bits per heavy atom. The zero-order valence-electron chi connectivity index (χ0n) is 23.2. The van der Waals surface area contributed by atoms with Crippen molar-refractivity contribution in [3.8, 4) is 5.75 Å². The lowest BCUT2D eigenvalue weighted by Gasteiger charge is -2.23. The molecule has 2 N–H and O–H groups in total. The first-order valence-corrected chi connectivity index (χ1v) is 13.3. The third-order valence-electron chi connectivity index (χ3n) is 5.99. The van der Waals surface area contributed by atoms with Gasteiger partial charge in [-0.05, 0) is 54.7 Å². The number of rotatable bonds is 17. The molecule has 0 spiro atoms. The van der Waals surface area contributed by atoms with Crippen LogP contribution < -0.4 is 10.1 Å². The molecule has 1 unspecified atom stereocenters. The summed E-state index contributed by atoms with van der Waals surface area (Å²) >= 11 is 0. The molecule has 11 heteroatoms. The van der Waals surface area contributed by atoms with Gasteiger partial charge in [-0.25, -0.2) is 9.59 Å². The van der Waals surface area contributed by atoms with Crippen LogP contribution in [-0.2, 0) is 20.7 Å². The molecule has 0 saturated heterocycles. The summed E-state index contributed by atoms with van der Waals surface area (Å²) in [4.78, 5) is 25.8. The molecule has 40 heavy (non-hydrogen) atoms. The van der Waals surface area contributed by atoms with E-state index in [2.05, 4.69) is 19.2 Å². The van der Waals surface area contributed by atoms with E-state index in [1.54, 1.807) is 31.2 Å². The SMILES string of the molecule is CCOC(Cc1ccc(OCCN(CCOCCCC(F)(F)F)C(=O)Nc2ccc(C(C)C)cc2)cc1)C(=O)O. The fraction of sp³-hybridized carbons (Fsp3) is 0.517. The largest absolute Gasteiger partial charge is 0.492 e. The number of alkyl halides is 3. The number of amides is 2. The maximum atomic E-state index is 13.0. The van der Waals surface area contributed by atoms with Crippen LogP contribution in [0.2, 0.25) is 0 Å². The molecule has 0 aliphatic carbocycles. The van der Waals surface area contributed by atoms with Gasteiger partial charge in [-0.1, -0.05) is 38.1 Å². The van der Waals surface area contributed by atoms with Gasteiger partial charge in [-0.3, -0.25) is 0 Å². The number of hydrogen-bond acceptors (Lipinski definition) is 5. The van der Waals surface area contributed by atoms with Crippen LogP contribution in [0.25, 0.3) is 0 Å². The first-order valence-electron chi connectivity index (χ1n) is 13.3. The molecule has 1 atom stereocenters. The fourth-order valence-electron chi connectivity index (χ4n) is 3.75. The second-order valence-electron chi connectivity index (χ2n) is 9.50. The fourth-order valence-corrected chi connectivity index (χ4v) is 3.75. The van der Waals surface area contributed by atoms with Gasteiger partial charge < -0.3 is 29.5 Å². The normalized spacial score (nSPS) is 12.3. The third-order valence-corrected chi connectivity index (χ3v) is 5.99. The van der Waals surface area contributed by atoms with Crippen LogP contribution in [0.3, 0.4) is 0 Å². The Kier molecular flexibility index (Phi) is 13.7. The van der Waals surface area contributed by atoms with Crippen molar-refractivity contribution in [2.24, 2.45) is 0 Å². The van der Waals surface area contributed by atoms with Gasteiger partial charge in [0.15, 0.2) is 6.10 Å². The van der Waals surface area contributed by atoms with Crippen molar-refractivity contribution in [3.05, 3.63) is 59.7 Å². The number of hydrogen-bond donors (Lipinski definition) is 2. The Labute approximate surface area is 233 Å². The molecule has 0 saturated carbocycles. The maximum Gasteiger partial charge on any atom is 0.389 e. The molecule has 0 fully saturated rings. The lowest BCUT2D eigenvalue weighted by atomic mass is 10.0. The van der Waals surface area contributed by atoms with Crippen molar-refractivity contribution in [2.75, 3.05) is 44.8 Å². The summed E-state index contributed by atoms with van der Waals surface area (Å²) in [5, 5.41) is 12.1.